The van der Waals surface area contributed by atoms with E-state index in [1.54, 1.807) is 6.20 Å². The molecule has 0 fully saturated rings. The summed E-state index contributed by atoms with van der Waals surface area (Å²) in [5.41, 5.74) is 2.57. The van der Waals surface area contributed by atoms with Crippen molar-refractivity contribution >= 4 is 33.5 Å². The highest BCUT2D eigenvalue weighted by atomic mass is 79.9. The zero-order chi connectivity index (χ0) is 13.7. The van der Waals surface area contributed by atoms with Crippen LogP contribution in [0.4, 0.5) is 5.82 Å². The molecule has 0 saturated carbocycles. The molecule has 100 valence electrons. The van der Waals surface area contributed by atoms with Crippen LogP contribution in [0, 0.1) is 0 Å². The predicted octanol–water partition coefficient (Wildman–Crippen LogP) is 3.02. The second-order valence-electron chi connectivity index (χ2n) is 3.82. The van der Waals surface area contributed by atoms with Crippen LogP contribution in [0.25, 0.3) is 0 Å². The number of hydrazine groups is 1. The number of nitrogen functional groups attached to an aromatic ring is 1. The summed E-state index contributed by atoms with van der Waals surface area (Å²) in [7, 11) is 0. The minimum Gasteiger partial charge on any atom is -0.308 e. The van der Waals surface area contributed by atoms with Gasteiger partial charge in [0.15, 0.2) is 0 Å². The fraction of sp³-hybridized carbons (Fsp3) is 0.250. The highest BCUT2D eigenvalue weighted by Gasteiger charge is 2.06. The van der Waals surface area contributed by atoms with E-state index in [2.05, 4.69) is 43.2 Å². The standard InChI is InChI=1S/C12H14BrN5S/c1-2-3-9-16-10(18-14)6-12(17-9)19-11-5-4-8(13)7-15-11/h4-7H,2-3,14H2,1H3,(H,16,17,18). The third-order valence-electron chi connectivity index (χ3n) is 2.28. The van der Waals surface area contributed by atoms with Gasteiger partial charge in [-0.1, -0.05) is 6.92 Å². The van der Waals surface area contributed by atoms with E-state index in [4.69, 9.17) is 5.84 Å². The summed E-state index contributed by atoms with van der Waals surface area (Å²) in [6, 6.07) is 5.70. The molecule has 0 radical (unpaired) electrons. The van der Waals surface area contributed by atoms with Crippen LogP contribution in [-0.2, 0) is 6.42 Å². The number of hydrogen-bond acceptors (Lipinski definition) is 6. The first-order chi connectivity index (χ1) is 9.21. The Morgan fingerprint density at radius 1 is 1.32 bits per heavy atom. The van der Waals surface area contributed by atoms with Crippen LogP contribution in [-0.4, -0.2) is 15.0 Å². The van der Waals surface area contributed by atoms with Gasteiger partial charge in [-0.15, -0.1) is 0 Å². The summed E-state index contributed by atoms with van der Waals surface area (Å²) in [4.78, 5) is 13.1. The number of halogens is 1. The molecule has 2 aromatic rings. The van der Waals surface area contributed by atoms with Crippen molar-refractivity contribution < 1.29 is 0 Å². The van der Waals surface area contributed by atoms with Gasteiger partial charge in [-0.3, -0.25) is 0 Å². The van der Waals surface area contributed by atoms with Crippen molar-refractivity contribution in [2.75, 3.05) is 5.43 Å². The van der Waals surface area contributed by atoms with E-state index in [0.717, 1.165) is 33.2 Å². The number of aryl methyl sites for hydroxylation is 1. The summed E-state index contributed by atoms with van der Waals surface area (Å²) in [5, 5.41) is 1.72. The van der Waals surface area contributed by atoms with Crippen LogP contribution in [0.15, 0.2) is 38.9 Å². The second kappa shape index (κ2) is 6.83. The van der Waals surface area contributed by atoms with E-state index in [0.29, 0.717) is 5.82 Å². The first-order valence-corrected chi connectivity index (χ1v) is 7.46. The van der Waals surface area contributed by atoms with Gasteiger partial charge in [0.05, 0.1) is 0 Å². The van der Waals surface area contributed by atoms with Crippen molar-refractivity contribution in [3.05, 3.63) is 34.7 Å². The van der Waals surface area contributed by atoms with E-state index < -0.39 is 0 Å². The third kappa shape index (κ3) is 4.15. The Kier molecular flexibility index (Phi) is 5.12. The lowest BCUT2D eigenvalue weighted by Gasteiger charge is -2.06. The maximum absolute atomic E-state index is 5.43. The molecular formula is C12H14BrN5S. The van der Waals surface area contributed by atoms with Gasteiger partial charge in [0, 0.05) is 23.2 Å². The molecular weight excluding hydrogens is 326 g/mol. The Bertz CT molecular complexity index is 546. The number of pyridine rings is 1. The lowest BCUT2D eigenvalue weighted by Crippen LogP contribution is -2.10. The van der Waals surface area contributed by atoms with E-state index in [1.165, 1.54) is 11.8 Å². The van der Waals surface area contributed by atoms with Crippen molar-refractivity contribution in [1.29, 1.82) is 0 Å². The van der Waals surface area contributed by atoms with Gasteiger partial charge < -0.3 is 5.43 Å². The molecule has 0 saturated heterocycles. The summed E-state index contributed by atoms with van der Waals surface area (Å²) in [6.07, 6.45) is 3.59. The molecule has 0 aliphatic carbocycles. The second-order valence-corrected chi connectivity index (χ2v) is 5.78. The van der Waals surface area contributed by atoms with Gasteiger partial charge in [0.25, 0.3) is 0 Å². The van der Waals surface area contributed by atoms with E-state index in [9.17, 15) is 0 Å². The minimum atomic E-state index is 0.623. The fourth-order valence-corrected chi connectivity index (χ4v) is 2.48. The van der Waals surface area contributed by atoms with Gasteiger partial charge >= 0.3 is 0 Å². The Labute approximate surface area is 124 Å². The number of nitrogens with zero attached hydrogens (tertiary/aromatic N) is 3. The number of nitrogens with two attached hydrogens (primary N) is 1. The van der Waals surface area contributed by atoms with Crippen LogP contribution >= 0.6 is 27.7 Å². The molecule has 0 unspecified atom stereocenters. The van der Waals surface area contributed by atoms with Crippen LogP contribution in [0.2, 0.25) is 0 Å². The van der Waals surface area contributed by atoms with Crippen molar-refractivity contribution in [3.63, 3.8) is 0 Å². The first-order valence-electron chi connectivity index (χ1n) is 5.85. The molecule has 0 aliphatic rings. The number of hydrogen-bond donors (Lipinski definition) is 2. The monoisotopic (exact) mass is 339 g/mol. The molecule has 7 heteroatoms. The van der Waals surface area contributed by atoms with Crippen molar-refractivity contribution in [2.45, 2.75) is 29.8 Å². The number of rotatable bonds is 5. The summed E-state index contributed by atoms with van der Waals surface area (Å²) >= 11 is 4.85. The number of anilines is 1. The Morgan fingerprint density at radius 2 is 2.16 bits per heavy atom. The Hall–Kier alpha value is -1.18. The third-order valence-corrected chi connectivity index (χ3v) is 3.62. The molecule has 0 aliphatic heterocycles. The van der Waals surface area contributed by atoms with Gasteiger partial charge in [-0.25, -0.2) is 20.8 Å². The lowest BCUT2D eigenvalue weighted by molar-refractivity contribution is 0.810. The van der Waals surface area contributed by atoms with E-state index >= 15 is 0 Å². The Balaban J connectivity index is 2.23. The summed E-state index contributed by atoms with van der Waals surface area (Å²) in [6.45, 7) is 2.09. The molecule has 5 nitrogen and oxygen atoms in total. The van der Waals surface area contributed by atoms with E-state index in [1.807, 2.05) is 18.2 Å². The largest absolute Gasteiger partial charge is 0.308 e. The SMILES string of the molecule is CCCc1nc(NN)cc(Sc2ccc(Br)cn2)n1. The average molecular weight is 340 g/mol. The molecule has 2 rings (SSSR count). The van der Waals surface area contributed by atoms with Crippen LogP contribution < -0.4 is 11.3 Å². The molecule has 19 heavy (non-hydrogen) atoms. The number of aromatic nitrogens is 3. The van der Waals surface area contributed by atoms with Gasteiger partial charge in [0.1, 0.15) is 21.7 Å². The molecule has 0 bridgehead atoms. The Morgan fingerprint density at radius 3 is 2.79 bits per heavy atom. The summed E-state index contributed by atoms with van der Waals surface area (Å²) in [5.74, 6) is 6.84. The highest BCUT2D eigenvalue weighted by Crippen LogP contribution is 2.26. The van der Waals surface area contributed by atoms with Crippen LogP contribution in [0.5, 0.6) is 0 Å². The zero-order valence-electron chi connectivity index (χ0n) is 10.4. The topological polar surface area (TPSA) is 76.7 Å². The maximum atomic E-state index is 5.43. The quantitative estimate of drug-likeness (QED) is 0.495. The molecule has 2 heterocycles. The van der Waals surface area contributed by atoms with Crippen LogP contribution in [0.3, 0.4) is 0 Å². The first kappa shape index (κ1) is 14.2. The minimum absolute atomic E-state index is 0.623. The average Bonchev–Trinajstić information content (AvgIpc) is 2.41. The maximum Gasteiger partial charge on any atom is 0.144 e. The van der Waals surface area contributed by atoms with Crippen molar-refractivity contribution in [1.82, 2.24) is 15.0 Å². The zero-order valence-corrected chi connectivity index (χ0v) is 12.8. The molecule has 0 atom stereocenters. The van der Waals surface area contributed by atoms with Crippen LogP contribution in [0.1, 0.15) is 19.2 Å². The molecule has 0 amide bonds. The smallest absolute Gasteiger partial charge is 0.144 e. The summed E-state index contributed by atoms with van der Waals surface area (Å²) < 4.78 is 0.954. The van der Waals surface area contributed by atoms with Crippen molar-refractivity contribution in [3.8, 4) is 0 Å². The van der Waals surface area contributed by atoms with Crippen molar-refractivity contribution in [2.24, 2.45) is 5.84 Å². The van der Waals surface area contributed by atoms with E-state index in [-0.39, 0.29) is 0 Å². The molecule has 3 N–H and O–H groups in total. The van der Waals surface area contributed by atoms with Gasteiger partial charge in [-0.2, -0.15) is 0 Å². The van der Waals surface area contributed by atoms with Gasteiger partial charge in [-0.05, 0) is 46.2 Å². The molecule has 0 spiro atoms. The predicted molar refractivity (Wildman–Crippen MR) is 79.9 cm³/mol. The lowest BCUT2D eigenvalue weighted by atomic mass is 10.3. The fourth-order valence-electron chi connectivity index (χ4n) is 1.46. The van der Waals surface area contributed by atoms with Gasteiger partial charge in [0.2, 0.25) is 0 Å². The number of nitrogens with one attached hydrogen (secondary N) is 1. The molecule has 2 aromatic heterocycles. The highest BCUT2D eigenvalue weighted by molar-refractivity contribution is 9.10. The normalized spacial score (nSPS) is 10.5. The molecule has 0 aromatic carbocycles.